The van der Waals surface area contributed by atoms with E-state index < -0.39 is 0 Å². The Morgan fingerprint density at radius 1 is 1.42 bits per heavy atom. The Hall–Kier alpha value is 0.230. The fraction of sp³-hybridized carbons (Fsp3) is 1.00. The van der Waals surface area contributed by atoms with Crippen LogP contribution < -0.4 is 0 Å². The summed E-state index contributed by atoms with van der Waals surface area (Å²) in [5, 5.41) is 0. The first-order valence-electron chi connectivity index (χ1n) is 3.96. The minimum atomic E-state index is 0.0758. The van der Waals surface area contributed by atoms with Gasteiger partial charge >= 0.3 is 0 Å². The molecule has 1 aliphatic rings. The van der Waals surface area contributed by atoms with E-state index in [1.54, 1.807) is 18.9 Å². The van der Waals surface area contributed by atoms with Crippen molar-refractivity contribution < 1.29 is 14.2 Å². The molecule has 3 nitrogen and oxygen atoms in total. The van der Waals surface area contributed by atoms with Gasteiger partial charge in [-0.3, -0.25) is 0 Å². The highest BCUT2D eigenvalue weighted by Crippen LogP contribution is 2.26. The topological polar surface area (TPSA) is 27.7 Å². The lowest BCUT2D eigenvalue weighted by molar-refractivity contribution is -0.170. The van der Waals surface area contributed by atoms with Crippen LogP contribution in [0.4, 0.5) is 0 Å². The Bertz CT molecular complexity index is 108. The van der Waals surface area contributed by atoms with E-state index in [9.17, 15) is 0 Å². The van der Waals surface area contributed by atoms with Crippen LogP contribution in [0.25, 0.3) is 0 Å². The molecule has 0 N–H and O–H groups in total. The van der Waals surface area contributed by atoms with Crippen LogP contribution in [0.1, 0.15) is 0 Å². The second-order valence-electron chi connectivity index (χ2n) is 3.18. The van der Waals surface area contributed by atoms with Gasteiger partial charge in [0.25, 0.3) is 0 Å². The SMILES string of the molecule is COCC1(CSC)COCOC1. The summed E-state index contributed by atoms with van der Waals surface area (Å²) in [6.45, 7) is 2.65. The molecule has 0 aliphatic carbocycles. The van der Waals surface area contributed by atoms with Gasteiger partial charge in [-0.2, -0.15) is 11.8 Å². The van der Waals surface area contributed by atoms with Crippen LogP contribution in [0.2, 0.25) is 0 Å². The van der Waals surface area contributed by atoms with Crippen LogP contribution in [0, 0.1) is 5.41 Å². The van der Waals surface area contributed by atoms with Gasteiger partial charge in [0.1, 0.15) is 6.79 Å². The molecule has 0 amide bonds. The van der Waals surface area contributed by atoms with E-state index in [1.807, 2.05) is 0 Å². The summed E-state index contributed by atoms with van der Waals surface area (Å²) >= 11 is 1.81. The van der Waals surface area contributed by atoms with Crippen LogP contribution in [0.15, 0.2) is 0 Å². The summed E-state index contributed by atoms with van der Waals surface area (Å²) in [7, 11) is 1.72. The van der Waals surface area contributed by atoms with Crippen molar-refractivity contribution >= 4 is 11.8 Å². The van der Waals surface area contributed by atoms with Crippen molar-refractivity contribution in [1.82, 2.24) is 0 Å². The lowest BCUT2D eigenvalue weighted by Crippen LogP contribution is -2.43. The Morgan fingerprint density at radius 3 is 2.58 bits per heavy atom. The Labute approximate surface area is 77.8 Å². The molecule has 1 heterocycles. The van der Waals surface area contributed by atoms with Crippen LogP contribution in [-0.2, 0) is 14.2 Å². The third kappa shape index (κ3) is 2.62. The summed E-state index contributed by atoms with van der Waals surface area (Å²) < 4.78 is 15.7. The highest BCUT2D eigenvalue weighted by atomic mass is 32.2. The normalized spacial score (nSPS) is 22.5. The molecule has 1 fully saturated rings. The smallest absolute Gasteiger partial charge is 0.146 e. The van der Waals surface area contributed by atoms with Gasteiger partial charge in [0.15, 0.2) is 0 Å². The highest BCUT2D eigenvalue weighted by Gasteiger charge is 2.33. The number of hydrogen-bond acceptors (Lipinski definition) is 4. The molecular formula is C8H16O3S. The van der Waals surface area contributed by atoms with E-state index in [2.05, 4.69) is 6.26 Å². The predicted octanol–water partition coefficient (Wildman–Crippen LogP) is 0.987. The molecule has 0 spiro atoms. The van der Waals surface area contributed by atoms with Crippen molar-refractivity contribution in [3.63, 3.8) is 0 Å². The van der Waals surface area contributed by atoms with Crippen LogP contribution in [0.5, 0.6) is 0 Å². The summed E-state index contributed by atoms with van der Waals surface area (Å²) in [6.07, 6.45) is 2.09. The fourth-order valence-electron chi connectivity index (χ4n) is 1.44. The van der Waals surface area contributed by atoms with Crippen molar-refractivity contribution in [2.24, 2.45) is 5.41 Å². The molecule has 0 saturated carbocycles. The summed E-state index contributed by atoms with van der Waals surface area (Å²) in [5.41, 5.74) is 0.0758. The van der Waals surface area contributed by atoms with Crippen LogP contribution >= 0.6 is 11.8 Å². The maximum Gasteiger partial charge on any atom is 0.146 e. The Morgan fingerprint density at radius 2 is 2.08 bits per heavy atom. The minimum absolute atomic E-state index is 0.0758. The van der Waals surface area contributed by atoms with Gasteiger partial charge in [-0.25, -0.2) is 0 Å². The largest absolute Gasteiger partial charge is 0.384 e. The van der Waals surface area contributed by atoms with Gasteiger partial charge in [-0.1, -0.05) is 0 Å². The van der Waals surface area contributed by atoms with Gasteiger partial charge in [0, 0.05) is 18.3 Å². The molecule has 1 aliphatic heterocycles. The average molecular weight is 192 g/mol. The number of hydrogen-bond donors (Lipinski definition) is 0. The van der Waals surface area contributed by atoms with E-state index in [1.165, 1.54) is 0 Å². The average Bonchev–Trinajstić information content (AvgIpc) is 2.07. The first-order valence-corrected chi connectivity index (χ1v) is 5.36. The zero-order valence-electron chi connectivity index (χ0n) is 7.67. The highest BCUT2D eigenvalue weighted by molar-refractivity contribution is 7.98. The maximum absolute atomic E-state index is 5.28. The van der Waals surface area contributed by atoms with Gasteiger partial charge in [-0.15, -0.1) is 0 Å². The third-order valence-corrected chi connectivity index (χ3v) is 2.79. The Balaban J connectivity index is 2.44. The molecule has 0 aromatic rings. The maximum atomic E-state index is 5.28. The first kappa shape index (κ1) is 10.3. The van der Waals surface area contributed by atoms with E-state index in [0.717, 1.165) is 19.0 Å². The molecule has 72 valence electrons. The van der Waals surface area contributed by atoms with Crippen molar-refractivity contribution in [3.8, 4) is 0 Å². The number of rotatable bonds is 4. The summed E-state index contributed by atoms with van der Waals surface area (Å²) in [4.78, 5) is 0. The molecule has 0 bridgehead atoms. The van der Waals surface area contributed by atoms with Gasteiger partial charge in [0.2, 0.25) is 0 Å². The molecule has 0 radical (unpaired) electrons. The van der Waals surface area contributed by atoms with Crippen LogP contribution in [-0.4, -0.2) is 45.7 Å². The molecule has 4 heteroatoms. The third-order valence-electron chi connectivity index (χ3n) is 1.88. The van der Waals surface area contributed by atoms with Crippen LogP contribution in [0.3, 0.4) is 0 Å². The number of methoxy groups -OCH3 is 1. The monoisotopic (exact) mass is 192 g/mol. The Kier molecular flexibility index (Phi) is 4.35. The van der Waals surface area contributed by atoms with Crippen molar-refractivity contribution in [3.05, 3.63) is 0 Å². The second-order valence-corrected chi connectivity index (χ2v) is 4.05. The first-order chi connectivity index (χ1) is 5.83. The fourth-order valence-corrected chi connectivity index (χ4v) is 2.30. The molecule has 0 unspecified atom stereocenters. The minimum Gasteiger partial charge on any atom is -0.384 e. The molecule has 0 aromatic heterocycles. The van der Waals surface area contributed by atoms with Gasteiger partial charge < -0.3 is 14.2 Å². The number of thioether (sulfide) groups is 1. The quantitative estimate of drug-likeness (QED) is 0.664. The van der Waals surface area contributed by atoms with Gasteiger partial charge in [-0.05, 0) is 6.26 Å². The predicted molar refractivity (Wildman–Crippen MR) is 49.5 cm³/mol. The molecule has 0 atom stereocenters. The summed E-state index contributed by atoms with van der Waals surface area (Å²) in [6, 6.07) is 0. The van der Waals surface area contributed by atoms with E-state index in [-0.39, 0.29) is 5.41 Å². The molecule has 1 rings (SSSR count). The lowest BCUT2D eigenvalue weighted by Gasteiger charge is -2.35. The zero-order valence-corrected chi connectivity index (χ0v) is 8.49. The molecule has 12 heavy (non-hydrogen) atoms. The van der Waals surface area contributed by atoms with Crippen molar-refractivity contribution in [2.45, 2.75) is 0 Å². The van der Waals surface area contributed by atoms with Crippen molar-refractivity contribution in [2.75, 3.05) is 45.7 Å². The molecular weight excluding hydrogens is 176 g/mol. The van der Waals surface area contributed by atoms with E-state index in [4.69, 9.17) is 14.2 Å². The zero-order chi connectivity index (χ0) is 8.86. The van der Waals surface area contributed by atoms with E-state index >= 15 is 0 Å². The second kappa shape index (κ2) is 5.07. The molecule has 1 saturated heterocycles. The lowest BCUT2D eigenvalue weighted by atomic mass is 9.93. The molecule has 0 aromatic carbocycles. The van der Waals surface area contributed by atoms with E-state index in [0.29, 0.717) is 13.4 Å². The standard InChI is InChI=1S/C8H16O3S/c1-9-3-8(6-12-2)4-10-7-11-5-8/h3-7H2,1-2H3. The number of ether oxygens (including phenoxy) is 3. The summed E-state index contributed by atoms with van der Waals surface area (Å²) in [5.74, 6) is 1.03. The van der Waals surface area contributed by atoms with Crippen molar-refractivity contribution in [1.29, 1.82) is 0 Å². The van der Waals surface area contributed by atoms with Gasteiger partial charge in [0.05, 0.1) is 19.8 Å².